The molecule has 0 saturated carbocycles. The van der Waals surface area contributed by atoms with Crippen LogP contribution in [0, 0.1) is 0 Å². The van der Waals surface area contributed by atoms with Gasteiger partial charge in [0.25, 0.3) is 0 Å². The molecule has 0 radical (unpaired) electrons. The molecular formula is C15H21N3O. The van der Waals surface area contributed by atoms with Gasteiger partial charge in [0.2, 0.25) is 5.91 Å². The van der Waals surface area contributed by atoms with Crippen LogP contribution in [0.3, 0.4) is 0 Å². The first kappa shape index (κ1) is 12.3. The van der Waals surface area contributed by atoms with Gasteiger partial charge in [0.15, 0.2) is 0 Å². The van der Waals surface area contributed by atoms with Crippen LogP contribution in [0.25, 0.3) is 0 Å². The molecule has 0 aliphatic carbocycles. The van der Waals surface area contributed by atoms with Gasteiger partial charge < -0.3 is 15.5 Å². The lowest BCUT2D eigenvalue weighted by atomic mass is 10.0. The fourth-order valence-corrected chi connectivity index (χ4v) is 3.35. The molecule has 0 spiro atoms. The van der Waals surface area contributed by atoms with Gasteiger partial charge in [-0.3, -0.25) is 4.79 Å². The van der Waals surface area contributed by atoms with Crippen molar-refractivity contribution in [2.75, 3.05) is 29.4 Å². The minimum absolute atomic E-state index is 0.253. The molecule has 2 N–H and O–H groups in total. The SMILES string of the molecule is NC(=O)CN1CC2CCCCCN2c2ccccc21. The Morgan fingerprint density at radius 1 is 1.21 bits per heavy atom. The van der Waals surface area contributed by atoms with Gasteiger partial charge >= 0.3 is 0 Å². The lowest BCUT2D eigenvalue weighted by Gasteiger charge is -2.43. The third-order valence-electron chi connectivity index (χ3n) is 4.19. The van der Waals surface area contributed by atoms with Gasteiger partial charge in [0.1, 0.15) is 0 Å². The van der Waals surface area contributed by atoms with E-state index >= 15 is 0 Å². The third-order valence-corrected chi connectivity index (χ3v) is 4.19. The maximum atomic E-state index is 11.3. The summed E-state index contributed by atoms with van der Waals surface area (Å²) in [5, 5.41) is 0. The van der Waals surface area contributed by atoms with Crippen molar-refractivity contribution >= 4 is 17.3 Å². The maximum Gasteiger partial charge on any atom is 0.236 e. The van der Waals surface area contributed by atoms with Crippen LogP contribution in [-0.4, -0.2) is 31.6 Å². The first-order chi connectivity index (χ1) is 9.25. The monoisotopic (exact) mass is 259 g/mol. The Bertz CT molecular complexity index is 474. The van der Waals surface area contributed by atoms with Gasteiger partial charge in [-0.1, -0.05) is 25.0 Å². The molecule has 1 fully saturated rings. The standard InChI is InChI=1S/C15H21N3O/c16-15(19)11-17-10-12-6-2-1-5-9-18(12)14-8-4-3-7-13(14)17/h3-4,7-8,12H,1-2,5-6,9-11H2,(H2,16,19). The predicted octanol–water partition coefficient (Wildman–Crippen LogP) is 1.74. The molecule has 4 heteroatoms. The summed E-state index contributed by atoms with van der Waals surface area (Å²) in [5.41, 5.74) is 7.80. The Balaban J connectivity index is 1.96. The molecule has 2 heterocycles. The first-order valence-corrected chi connectivity index (χ1v) is 7.14. The summed E-state index contributed by atoms with van der Waals surface area (Å²) in [4.78, 5) is 15.9. The fourth-order valence-electron chi connectivity index (χ4n) is 3.35. The molecule has 2 aliphatic rings. The Kier molecular flexibility index (Phi) is 3.32. The highest BCUT2D eigenvalue weighted by molar-refractivity contribution is 5.83. The molecule has 2 aliphatic heterocycles. The second-order valence-corrected chi connectivity index (χ2v) is 5.53. The van der Waals surface area contributed by atoms with Crippen LogP contribution in [0.2, 0.25) is 0 Å². The average Bonchev–Trinajstić information content (AvgIpc) is 2.63. The van der Waals surface area contributed by atoms with Gasteiger partial charge in [-0.2, -0.15) is 0 Å². The summed E-state index contributed by atoms with van der Waals surface area (Å²) >= 11 is 0. The van der Waals surface area contributed by atoms with Crippen molar-refractivity contribution in [2.24, 2.45) is 5.73 Å². The minimum Gasteiger partial charge on any atom is -0.368 e. The van der Waals surface area contributed by atoms with E-state index in [-0.39, 0.29) is 5.91 Å². The molecule has 1 saturated heterocycles. The zero-order valence-electron chi connectivity index (χ0n) is 11.2. The second-order valence-electron chi connectivity index (χ2n) is 5.53. The molecule has 1 aromatic rings. The quantitative estimate of drug-likeness (QED) is 0.880. The average molecular weight is 259 g/mol. The summed E-state index contributed by atoms with van der Waals surface area (Å²) in [6.45, 7) is 2.37. The van der Waals surface area contributed by atoms with E-state index in [1.54, 1.807) is 0 Å². The Labute approximate surface area is 114 Å². The molecule has 0 bridgehead atoms. The molecule has 19 heavy (non-hydrogen) atoms. The van der Waals surface area contributed by atoms with Crippen molar-refractivity contribution in [3.8, 4) is 0 Å². The van der Waals surface area contributed by atoms with Crippen molar-refractivity contribution in [3.63, 3.8) is 0 Å². The zero-order valence-corrected chi connectivity index (χ0v) is 11.2. The topological polar surface area (TPSA) is 49.6 Å². The number of fused-ring (bicyclic) bond motifs is 3. The summed E-state index contributed by atoms with van der Waals surface area (Å²) in [5.74, 6) is -0.253. The largest absolute Gasteiger partial charge is 0.368 e. The highest BCUT2D eigenvalue weighted by atomic mass is 16.1. The number of carbonyl (C=O) groups excluding carboxylic acids is 1. The minimum atomic E-state index is -0.253. The summed E-state index contributed by atoms with van der Waals surface area (Å²) in [7, 11) is 0. The summed E-state index contributed by atoms with van der Waals surface area (Å²) in [6.07, 6.45) is 5.07. The number of amides is 1. The van der Waals surface area contributed by atoms with Crippen LogP contribution in [0.5, 0.6) is 0 Å². The number of nitrogens with two attached hydrogens (primary N) is 1. The van der Waals surface area contributed by atoms with E-state index in [4.69, 9.17) is 5.73 Å². The number of hydrogen-bond acceptors (Lipinski definition) is 3. The van der Waals surface area contributed by atoms with Crippen molar-refractivity contribution in [1.82, 2.24) is 0 Å². The normalized spacial score (nSPS) is 22.4. The third kappa shape index (κ3) is 2.39. The van der Waals surface area contributed by atoms with Crippen molar-refractivity contribution in [1.29, 1.82) is 0 Å². The van der Waals surface area contributed by atoms with Gasteiger partial charge in [0, 0.05) is 19.1 Å². The number of para-hydroxylation sites is 2. The molecule has 3 rings (SSSR count). The van der Waals surface area contributed by atoms with Gasteiger partial charge in [-0.25, -0.2) is 0 Å². The van der Waals surface area contributed by atoms with Crippen LogP contribution >= 0.6 is 0 Å². The smallest absolute Gasteiger partial charge is 0.236 e. The first-order valence-electron chi connectivity index (χ1n) is 7.14. The Hall–Kier alpha value is -1.71. The number of primary amides is 1. The molecule has 102 valence electrons. The Morgan fingerprint density at radius 3 is 2.79 bits per heavy atom. The molecular weight excluding hydrogens is 238 g/mol. The van der Waals surface area contributed by atoms with Crippen LogP contribution in [0.4, 0.5) is 11.4 Å². The number of nitrogens with zero attached hydrogens (tertiary/aromatic N) is 2. The molecule has 1 amide bonds. The van der Waals surface area contributed by atoms with Gasteiger partial charge in [0.05, 0.1) is 17.9 Å². The number of rotatable bonds is 2. The van der Waals surface area contributed by atoms with Crippen molar-refractivity contribution in [3.05, 3.63) is 24.3 Å². The van der Waals surface area contributed by atoms with E-state index in [2.05, 4.69) is 28.0 Å². The molecule has 4 nitrogen and oxygen atoms in total. The van der Waals surface area contributed by atoms with E-state index in [1.807, 2.05) is 6.07 Å². The zero-order chi connectivity index (χ0) is 13.2. The number of carbonyl (C=O) groups is 1. The molecule has 0 aromatic heterocycles. The lowest BCUT2D eigenvalue weighted by molar-refractivity contribution is -0.116. The Morgan fingerprint density at radius 2 is 2.00 bits per heavy atom. The predicted molar refractivity (Wildman–Crippen MR) is 77.5 cm³/mol. The molecule has 1 atom stereocenters. The second kappa shape index (κ2) is 5.11. The molecule has 1 unspecified atom stereocenters. The van der Waals surface area contributed by atoms with Crippen molar-refractivity contribution < 1.29 is 4.79 Å². The van der Waals surface area contributed by atoms with Gasteiger partial charge in [-0.05, 0) is 25.0 Å². The van der Waals surface area contributed by atoms with E-state index in [0.29, 0.717) is 12.6 Å². The molecule has 1 aromatic carbocycles. The fraction of sp³-hybridized carbons (Fsp3) is 0.533. The summed E-state index contributed by atoms with van der Waals surface area (Å²) in [6, 6.07) is 8.90. The number of hydrogen-bond donors (Lipinski definition) is 1. The lowest BCUT2D eigenvalue weighted by Crippen LogP contribution is -2.50. The van der Waals surface area contributed by atoms with E-state index in [9.17, 15) is 4.79 Å². The van der Waals surface area contributed by atoms with Crippen molar-refractivity contribution in [2.45, 2.75) is 31.7 Å². The van der Waals surface area contributed by atoms with E-state index in [1.165, 1.54) is 31.4 Å². The van der Waals surface area contributed by atoms with Crippen LogP contribution < -0.4 is 15.5 Å². The van der Waals surface area contributed by atoms with Crippen LogP contribution in [0.1, 0.15) is 25.7 Å². The van der Waals surface area contributed by atoms with Gasteiger partial charge in [-0.15, -0.1) is 0 Å². The van der Waals surface area contributed by atoms with E-state index in [0.717, 1.165) is 18.8 Å². The van der Waals surface area contributed by atoms with E-state index < -0.39 is 0 Å². The van der Waals surface area contributed by atoms with Crippen LogP contribution in [-0.2, 0) is 4.79 Å². The highest BCUT2D eigenvalue weighted by Crippen LogP contribution is 2.37. The number of benzene rings is 1. The summed E-state index contributed by atoms with van der Waals surface area (Å²) < 4.78 is 0. The number of anilines is 2. The maximum absolute atomic E-state index is 11.3. The van der Waals surface area contributed by atoms with Crippen LogP contribution in [0.15, 0.2) is 24.3 Å². The highest BCUT2D eigenvalue weighted by Gasteiger charge is 2.31.